The highest BCUT2D eigenvalue weighted by Crippen LogP contribution is 2.38. The van der Waals surface area contributed by atoms with E-state index in [9.17, 15) is 4.79 Å². The van der Waals surface area contributed by atoms with Crippen molar-refractivity contribution in [2.45, 2.75) is 111 Å². The number of thiophene rings is 2. The lowest BCUT2D eigenvalue weighted by Crippen LogP contribution is -2.01. The molecule has 2 rings (SSSR count). The number of carbonyl (C=O) groups is 1. The van der Waals surface area contributed by atoms with Gasteiger partial charge in [0.05, 0.1) is 6.61 Å². The smallest absolute Gasteiger partial charge is 0.348 e. The van der Waals surface area contributed by atoms with Gasteiger partial charge in [-0.05, 0) is 56.4 Å². The van der Waals surface area contributed by atoms with Crippen LogP contribution in [0.4, 0.5) is 0 Å². The molecule has 2 nitrogen and oxygen atoms in total. The molecule has 2 aromatic heterocycles. The maximum atomic E-state index is 12.3. The molecule has 0 aromatic carbocycles. The molecule has 4 heteroatoms. The van der Waals surface area contributed by atoms with E-state index in [0.29, 0.717) is 6.61 Å². The first kappa shape index (κ1) is 26.1. The Morgan fingerprint density at radius 1 is 0.774 bits per heavy atom. The summed E-state index contributed by atoms with van der Waals surface area (Å²) in [7, 11) is 0. The predicted octanol–water partition coefficient (Wildman–Crippen LogP) is 9.46. The standard InChI is InChI=1S/C27H42O2S2/c1-4-7-9-11-12-13-14-15-17-22-21-25(27(28)29-6-3)31-26(22)24-20-19-23(30-24)18-16-10-8-5-2/h19-21H,4-18H2,1-3H3. The van der Waals surface area contributed by atoms with Crippen LogP contribution in [0.3, 0.4) is 0 Å². The first-order valence-electron chi connectivity index (χ1n) is 12.6. The molecule has 0 aliphatic rings. The van der Waals surface area contributed by atoms with Gasteiger partial charge in [-0.15, -0.1) is 22.7 Å². The number of carbonyl (C=O) groups excluding carboxylic acids is 1. The van der Waals surface area contributed by atoms with Crippen molar-refractivity contribution >= 4 is 28.6 Å². The Bertz CT molecular complexity index is 744. The lowest BCUT2D eigenvalue weighted by molar-refractivity contribution is 0.0532. The fourth-order valence-electron chi connectivity index (χ4n) is 3.94. The Balaban J connectivity index is 1.97. The van der Waals surface area contributed by atoms with E-state index >= 15 is 0 Å². The molecule has 0 fully saturated rings. The molecule has 0 radical (unpaired) electrons. The Hall–Kier alpha value is -1.13. The van der Waals surface area contributed by atoms with E-state index in [-0.39, 0.29) is 5.97 Å². The summed E-state index contributed by atoms with van der Waals surface area (Å²) in [5.41, 5.74) is 1.33. The van der Waals surface area contributed by atoms with E-state index in [1.807, 2.05) is 18.3 Å². The van der Waals surface area contributed by atoms with Crippen LogP contribution in [0.2, 0.25) is 0 Å². The molecule has 2 heterocycles. The van der Waals surface area contributed by atoms with Crippen LogP contribution in [0.5, 0.6) is 0 Å². The molecule has 0 bridgehead atoms. The molecule has 0 N–H and O–H groups in total. The van der Waals surface area contributed by atoms with Crippen LogP contribution in [-0.2, 0) is 17.6 Å². The van der Waals surface area contributed by atoms with Crippen molar-refractivity contribution in [3.05, 3.63) is 33.5 Å². The van der Waals surface area contributed by atoms with Crippen LogP contribution in [0.25, 0.3) is 9.75 Å². The van der Waals surface area contributed by atoms with Gasteiger partial charge in [-0.2, -0.15) is 0 Å². The lowest BCUT2D eigenvalue weighted by Gasteiger charge is -2.03. The highest BCUT2D eigenvalue weighted by molar-refractivity contribution is 7.23. The minimum atomic E-state index is -0.174. The number of unbranched alkanes of at least 4 members (excludes halogenated alkanes) is 10. The van der Waals surface area contributed by atoms with E-state index in [2.05, 4.69) is 32.0 Å². The first-order chi connectivity index (χ1) is 15.2. The summed E-state index contributed by atoms with van der Waals surface area (Å²) in [5.74, 6) is -0.174. The Labute approximate surface area is 198 Å². The van der Waals surface area contributed by atoms with Gasteiger partial charge < -0.3 is 4.74 Å². The third-order valence-electron chi connectivity index (χ3n) is 5.75. The summed E-state index contributed by atoms with van der Waals surface area (Å²) in [6, 6.07) is 6.65. The van der Waals surface area contributed by atoms with Crippen LogP contribution in [0, 0.1) is 0 Å². The monoisotopic (exact) mass is 462 g/mol. The summed E-state index contributed by atoms with van der Waals surface area (Å²) in [6.07, 6.45) is 18.1. The second-order valence-corrected chi connectivity index (χ2v) is 10.7. The van der Waals surface area contributed by atoms with Gasteiger partial charge >= 0.3 is 5.97 Å². The topological polar surface area (TPSA) is 26.3 Å². The fourth-order valence-corrected chi connectivity index (χ4v) is 6.23. The van der Waals surface area contributed by atoms with Gasteiger partial charge in [0.15, 0.2) is 0 Å². The Morgan fingerprint density at radius 2 is 1.39 bits per heavy atom. The molecule has 0 saturated carbocycles. The van der Waals surface area contributed by atoms with E-state index in [1.165, 1.54) is 104 Å². The van der Waals surface area contributed by atoms with E-state index in [1.54, 1.807) is 11.3 Å². The van der Waals surface area contributed by atoms with E-state index in [4.69, 9.17) is 4.74 Å². The zero-order chi connectivity index (χ0) is 22.3. The number of ether oxygens (including phenoxy) is 1. The summed E-state index contributed by atoms with van der Waals surface area (Å²) < 4.78 is 5.28. The average Bonchev–Trinajstić information content (AvgIpc) is 3.40. The Morgan fingerprint density at radius 3 is 2.06 bits per heavy atom. The largest absolute Gasteiger partial charge is 0.462 e. The van der Waals surface area contributed by atoms with Gasteiger partial charge in [0.2, 0.25) is 0 Å². The predicted molar refractivity (Wildman–Crippen MR) is 138 cm³/mol. The third-order valence-corrected chi connectivity index (χ3v) is 8.23. The second kappa shape index (κ2) is 15.6. The van der Waals surface area contributed by atoms with Gasteiger partial charge in [0, 0.05) is 14.6 Å². The lowest BCUT2D eigenvalue weighted by atomic mass is 10.0. The summed E-state index contributed by atoms with van der Waals surface area (Å²) in [5, 5.41) is 0. The first-order valence-corrected chi connectivity index (χ1v) is 14.2. The molecular formula is C27H42O2S2. The number of hydrogen-bond acceptors (Lipinski definition) is 4. The van der Waals surface area contributed by atoms with Gasteiger partial charge in [-0.3, -0.25) is 0 Å². The molecule has 0 aliphatic carbocycles. The van der Waals surface area contributed by atoms with Crippen molar-refractivity contribution in [1.29, 1.82) is 0 Å². The van der Waals surface area contributed by atoms with E-state index in [0.717, 1.165) is 11.3 Å². The van der Waals surface area contributed by atoms with Gasteiger partial charge in [-0.25, -0.2) is 4.79 Å². The van der Waals surface area contributed by atoms with Crippen molar-refractivity contribution in [3.8, 4) is 9.75 Å². The zero-order valence-corrected chi connectivity index (χ0v) is 21.6. The van der Waals surface area contributed by atoms with Crippen LogP contribution < -0.4 is 0 Å². The molecular weight excluding hydrogens is 420 g/mol. The molecule has 174 valence electrons. The quantitative estimate of drug-likeness (QED) is 0.173. The summed E-state index contributed by atoms with van der Waals surface area (Å²) >= 11 is 3.53. The van der Waals surface area contributed by atoms with Crippen molar-refractivity contribution < 1.29 is 9.53 Å². The van der Waals surface area contributed by atoms with Crippen LogP contribution in [0.15, 0.2) is 18.2 Å². The minimum absolute atomic E-state index is 0.174. The zero-order valence-electron chi connectivity index (χ0n) is 20.0. The molecule has 2 aromatic rings. The molecule has 0 atom stereocenters. The number of aryl methyl sites for hydroxylation is 2. The normalized spacial score (nSPS) is 11.2. The number of esters is 1. The summed E-state index contributed by atoms with van der Waals surface area (Å²) in [4.78, 5) is 17.2. The van der Waals surface area contributed by atoms with Gasteiger partial charge in [0.25, 0.3) is 0 Å². The third kappa shape index (κ3) is 9.49. The van der Waals surface area contributed by atoms with Crippen molar-refractivity contribution in [1.82, 2.24) is 0 Å². The SMILES string of the molecule is CCCCCCCCCCc1cc(C(=O)OCC)sc1-c1ccc(CCCCCC)s1. The highest BCUT2D eigenvalue weighted by atomic mass is 32.1. The van der Waals surface area contributed by atoms with Gasteiger partial charge in [0.1, 0.15) is 4.88 Å². The van der Waals surface area contributed by atoms with Crippen molar-refractivity contribution in [3.63, 3.8) is 0 Å². The molecule has 0 saturated heterocycles. The van der Waals surface area contributed by atoms with Gasteiger partial charge in [-0.1, -0.05) is 78.1 Å². The van der Waals surface area contributed by atoms with E-state index < -0.39 is 0 Å². The molecule has 31 heavy (non-hydrogen) atoms. The maximum Gasteiger partial charge on any atom is 0.348 e. The molecule has 0 unspecified atom stereocenters. The summed E-state index contributed by atoms with van der Waals surface area (Å²) in [6.45, 7) is 6.83. The number of rotatable bonds is 17. The highest BCUT2D eigenvalue weighted by Gasteiger charge is 2.18. The van der Waals surface area contributed by atoms with Crippen molar-refractivity contribution in [2.24, 2.45) is 0 Å². The Kier molecular flexibility index (Phi) is 13.2. The molecule has 0 amide bonds. The van der Waals surface area contributed by atoms with Crippen LogP contribution in [0.1, 0.15) is 118 Å². The van der Waals surface area contributed by atoms with Crippen molar-refractivity contribution in [2.75, 3.05) is 6.61 Å². The average molecular weight is 463 g/mol. The molecule has 0 aliphatic heterocycles. The van der Waals surface area contributed by atoms with Crippen LogP contribution in [-0.4, -0.2) is 12.6 Å². The van der Waals surface area contributed by atoms with Crippen LogP contribution >= 0.6 is 22.7 Å². The molecule has 0 spiro atoms. The fraction of sp³-hybridized carbons (Fsp3) is 0.667. The number of hydrogen-bond donors (Lipinski definition) is 0. The maximum absolute atomic E-state index is 12.3. The minimum Gasteiger partial charge on any atom is -0.462 e. The second-order valence-electron chi connectivity index (χ2n) is 8.49.